The van der Waals surface area contributed by atoms with Crippen molar-refractivity contribution in [3.05, 3.63) is 42.1 Å². The Bertz CT molecular complexity index is 878. The van der Waals surface area contributed by atoms with Crippen molar-refractivity contribution in [1.82, 2.24) is 4.98 Å². The summed E-state index contributed by atoms with van der Waals surface area (Å²) in [7, 11) is -3.43. The summed E-state index contributed by atoms with van der Waals surface area (Å²) in [5.41, 5.74) is -0.604. The van der Waals surface area contributed by atoms with Gasteiger partial charge in [-0.1, -0.05) is 12.1 Å². The molecule has 0 saturated carbocycles. The molecule has 0 saturated heterocycles. The zero-order valence-corrected chi connectivity index (χ0v) is 15.1. The van der Waals surface area contributed by atoms with E-state index in [1.807, 2.05) is 0 Å². The highest BCUT2D eigenvalue weighted by Gasteiger charge is 2.32. The van der Waals surface area contributed by atoms with Gasteiger partial charge in [-0.2, -0.15) is 13.2 Å². The van der Waals surface area contributed by atoms with Gasteiger partial charge in [-0.05, 0) is 37.6 Å². The van der Waals surface area contributed by atoms with Gasteiger partial charge in [0.25, 0.3) is 0 Å². The third-order valence-corrected chi connectivity index (χ3v) is 4.88. The summed E-state index contributed by atoms with van der Waals surface area (Å²) in [6.07, 6.45) is -4.47. The van der Waals surface area contributed by atoms with E-state index in [1.54, 1.807) is 6.92 Å². The van der Waals surface area contributed by atoms with Crippen LogP contribution in [0.25, 0.3) is 11.1 Å². The fourth-order valence-electron chi connectivity index (χ4n) is 2.06. The van der Waals surface area contributed by atoms with Gasteiger partial charge >= 0.3 is 6.18 Å². The summed E-state index contributed by atoms with van der Waals surface area (Å²) in [6, 6.07) is 6.24. The van der Waals surface area contributed by atoms with Crippen LogP contribution in [0.15, 0.2) is 41.4 Å². The zero-order valence-electron chi connectivity index (χ0n) is 14.3. The van der Waals surface area contributed by atoms with Crippen molar-refractivity contribution in [3.8, 4) is 17.0 Å². The third-order valence-electron chi connectivity index (χ3n) is 3.75. The summed E-state index contributed by atoms with van der Waals surface area (Å²) in [4.78, 5) is 3.79. The summed E-state index contributed by atoms with van der Waals surface area (Å²) in [5.74, 6) is -0.0847. The number of aliphatic hydroxyl groups is 1. The van der Waals surface area contributed by atoms with E-state index in [9.17, 15) is 26.7 Å². The van der Waals surface area contributed by atoms with E-state index in [2.05, 4.69) is 4.98 Å². The minimum atomic E-state index is -4.59. The molecule has 0 radical (unpaired) electrons. The quantitative estimate of drug-likeness (QED) is 0.849. The largest absolute Gasteiger partial charge is 0.471 e. The molecule has 0 aliphatic heterocycles. The molecule has 0 fully saturated rings. The number of aliphatic hydroxyl groups excluding tert-OH is 1. The highest BCUT2D eigenvalue weighted by molar-refractivity contribution is 7.90. The van der Waals surface area contributed by atoms with Crippen LogP contribution in [-0.4, -0.2) is 37.0 Å². The van der Waals surface area contributed by atoms with Crippen LogP contribution in [0.1, 0.15) is 19.4 Å². The lowest BCUT2D eigenvalue weighted by molar-refractivity contribution is -0.137. The Hall–Kier alpha value is -2.13. The molecule has 9 heteroatoms. The molecule has 0 aliphatic rings. The predicted octanol–water partition coefficient (Wildman–Crippen LogP) is 3.32. The molecule has 0 spiro atoms. The minimum Gasteiger partial charge on any atom is -0.471 e. The van der Waals surface area contributed by atoms with Crippen LogP contribution in [0.3, 0.4) is 0 Å². The molecule has 0 amide bonds. The van der Waals surface area contributed by atoms with Crippen LogP contribution in [0.2, 0.25) is 0 Å². The molecule has 5 nitrogen and oxygen atoms in total. The highest BCUT2D eigenvalue weighted by atomic mass is 32.2. The number of sulfone groups is 1. The Labute approximate surface area is 149 Å². The van der Waals surface area contributed by atoms with Crippen molar-refractivity contribution in [1.29, 1.82) is 0 Å². The standard InChI is InChI=1S/C17H18F3NO4S/c1-10(22)11(2)25-16-15(8-13(9-21-16)17(18,19)20)12-4-6-14(7-5-12)26(3,23)24/h4-11,22H,1-3H3/t10-,11-/m0/s1. The number of ether oxygens (including phenoxy) is 1. The average molecular weight is 389 g/mol. The number of nitrogens with zero attached hydrogens (tertiary/aromatic N) is 1. The minimum absolute atomic E-state index is 0.0426. The molecule has 2 atom stereocenters. The topological polar surface area (TPSA) is 76.5 Å². The maximum Gasteiger partial charge on any atom is 0.417 e. The first kappa shape index (κ1) is 20.2. The Balaban J connectivity index is 2.55. The molecule has 0 aliphatic carbocycles. The summed E-state index contributed by atoms with van der Waals surface area (Å²) >= 11 is 0. The smallest absolute Gasteiger partial charge is 0.417 e. The molecule has 1 aromatic carbocycles. The van der Waals surface area contributed by atoms with Gasteiger partial charge in [0.1, 0.15) is 6.10 Å². The molecule has 0 unspecified atom stereocenters. The van der Waals surface area contributed by atoms with E-state index in [1.165, 1.54) is 31.2 Å². The molecule has 2 aromatic rings. The fourth-order valence-corrected chi connectivity index (χ4v) is 2.69. The summed E-state index contributed by atoms with van der Waals surface area (Å²) in [6.45, 7) is 3.04. The number of pyridine rings is 1. The normalized spacial score (nSPS) is 14.7. The number of alkyl halides is 3. The third kappa shape index (κ3) is 4.73. The Morgan fingerprint density at radius 1 is 1.15 bits per heavy atom. The van der Waals surface area contributed by atoms with Gasteiger partial charge in [0, 0.05) is 18.0 Å². The van der Waals surface area contributed by atoms with Crippen LogP contribution in [0, 0.1) is 0 Å². The van der Waals surface area contributed by atoms with Crippen molar-refractivity contribution < 1.29 is 31.4 Å². The number of benzene rings is 1. The molecule has 142 valence electrons. The lowest BCUT2D eigenvalue weighted by Crippen LogP contribution is -2.26. The second-order valence-corrected chi connectivity index (χ2v) is 7.95. The average Bonchev–Trinajstić information content (AvgIpc) is 2.53. The Kier molecular flexibility index (Phi) is 5.62. The Morgan fingerprint density at radius 2 is 1.73 bits per heavy atom. The van der Waals surface area contributed by atoms with Crippen molar-refractivity contribution in [2.45, 2.75) is 37.1 Å². The first-order valence-corrected chi connectivity index (χ1v) is 9.51. The van der Waals surface area contributed by atoms with E-state index in [0.717, 1.165) is 12.3 Å². The SMILES string of the molecule is C[C@H](O)[C@H](C)Oc1ncc(C(F)(F)F)cc1-c1ccc(S(C)(=O)=O)cc1. The van der Waals surface area contributed by atoms with Crippen LogP contribution < -0.4 is 4.74 Å². The monoisotopic (exact) mass is 389 g/mol. The summed E-state index contributed by atoms with van der Waals surface area (Å²) < 4.78 is 67.6. The van der Waals surface area contributed by atoms with Crippen molar-refractivity contribution in [2.24, 2.45) is 0 Å². The molecule has 26 heavy (non-hydrogen) atoms. The first-order valence-electron chi connectivity index (χ1n) is 7.62. The fraction of sp³-hybridized carbons (Fsp3) is 0.353. The van der Waals surface area contributed by atoms with Gasteiger partial charge in [-0.3, -0.25) is 0 Å². The second-order valence-electron chi connectivity index (χ2n) is 5.93. The zero-order chi connectivity index (χ0) is 19.7. The van der Waals surface area contributed by atoms with E-state index >= 15 is 0 Å². The molecular formula is C17H18F3NO4S. The van der Waals surface area contributed by atoms with Crippen LogP contribution >= 0.6 is 0 Å². The van der Waals surface area contributed by atoms with Gasteiger partial charge in [0.15, 0.2) is 9.84 Å². The number of aromatic nitrogens is 1. The van der Waals surface area contributed by atoms with Crippen LogP contribution in [-0.2, 0) is 16.0 Å². The van der Waals surface area contributed by atoms with Crippen molar-refractivity contribution in [2.75, 3.05) is 6.26 Å². The highest BCUT2D eigenvalue weighted by Crippen LogP contribution is 2.36. The number of hydrogen-bond acceptors (Lipinski definition) is 5. The lowest BCUT2D eigenvalue weighted by Gasteiger charge is -2.19. The van der Waals surface area contributed by atoms with E-state index in [0.29, 0.717) is 11.8 Å². The molecule has 1 aromatic heterocycles. The molecule has 1 N–H and O–H groups in total. The number of halogens is 3. The van der Waals surface area contributed by atoms with Gasteiger partial charge in [-0.25, -0.2) is 13.4 Å². The maximum atomic E-state index is 13.0. The maximum absolute atomic E-state index is 13.0. The van der Waals surface area contributed by atoms with E-state index in [-0.39, 0.29) is 16.3 Å². The van der Waals surface area contributed by atoms with E-state index < -0.39 is 33.8 Å². The first-order chi connectivity index (χ1) is 11.9. The van der Waals surface area contributed by atoms with Gasteiger partial charge in [0.05, 0.1) is 16.6 Å². The predicted molar refractivity (Wildman–Crippen MR) is 89.6 cm³/mol. The second kappa shape index (κ2) is 7.24. The van der Waals surface area contributed by atoms with Crippen molar-refractivity contribution in [3.63, 3.8) is 0 Å². The lowest BCUT2D eigenvalue weighted by atomic mass is 10.0. The number of rotatable bonds is 5. The van der Waals surface area contributed by atoms with Crippen LogP contribution in [0.5, 0.6) is 5.88 Å². The van der Waals surface area contributed by atoms with Crippen molar-refractivity contribution >= 4 is 9.84 Å². The van der Waals surface area contributed by atoms with Crippen LogP contribution in [0.4, 0.5) is 13.2 Å². The molecular weight excluding hydrogens is 371 g/mol. The van der Waals surface area contributed by atoms with E-state index in [4.69, 9.17) is 4.74 Å². The van der Waals surface area contributed by atoms with Gasteiger partial charge in [-0.15, -0.1) is 0 Å². The van der Waals surface area contributed by atoms with Gasteiger partial charge in [0.2, 0.25) is 5.88 Å². The molecule has 2 rings (SSSR count). The number of hydrogen-bond donors (Lipinski definition) is 1. The Morgan fingerprint density at radius 3 is 2.19 bits per heavy atom. The molecule has 0 bridgehead atoms. The van der Waals surface area contributed by atoms with Gasteiger partial charge < -0.3 is 9.84 Å². The molecule has 1 heterocycles. The summed E-state index contributed by atoms with van der Waals surface area (Å²) in [5, 5.41) is 9.55.